The zero-order valence-electron chi connectivity index (χ0n) is 20.2. The molecule has 0 saturated carbocycles. The molecule has 0 N–H and O–H groups in total. The lowest BCUT2D eigenvalue weighted by atomic mass is 9.81. The highest BCUT2D eigenvalue weighted by Crippen LogP contribution is 2.53. The van der Waals surface area contributed by atoms with Crippen molar-refractivity contribution in [3.63, 3.8) is 0 Å². The molecule has 0 spiro atoms. The van der Waals surface area contributed by atoms with Crippen molar-refractivity contribution < 1.29 is 0 Å². The van der Waals surface area contributed by atoms with Crippen LogP contribution < -0.4 is 0 Å². The summed E-state index contributed by atoms with van der Waals surface area (Å²) in [4.78, 5) is 9.38. The quantitative estimate of drug-likeness (QED) is 0.231. The third-order valence-electron chi connectivity index (χ3n) is 8.08. The zero-order chi connectivity index (χ0) is 24.0. The first kappa shape index (κ1) is 19.8. The van der Waals surface area contributed by atoms with Crippen molar-refractivity contribution in [1.29, 1.82) is 0 Å². The molecule has 3 nitrogen and oxygen atoms in total. The highest BCUT2D eigenvalue weighted by molar-refractivity contribution is 6.16. The summed E-state index contributed by atoms with van der Waals surface area (Å²) in [5, 5.41) is 6.13. The predicted molar refractivity (Wildman–Crippen MR) is 149 cm³/mol. The van der Waals surface area contributed by atoms with E-state index in [2.05, 4.69) is 114 Å². The molecule has 1 aliphatic carbocycles. The number of rotatable bonds is 1. The lowest BCUT2D eigenvalue weighted by Gasteiger charge is -2.22. The number of fused-ring (bicyclic) bond motifs is 9. The van der Waals surface area contributed by atoms with Crippen molar-refractivity contribution >= 4 is 43.5 Å². The van der Waals surface area contributed by atoms with Crippen molar-refractivity contribution in [1.82, 2.24) is 14.5 Å². The Kier molecular flexibility index (Phi) is 3.73. The SMILES string of the molecule is CC1(C)c2ccccc2-c2ccc3c(c21)c1ncncc1n3-c1c2ccccc2cc2ccccc12. The van der Waals surface area contributed by atoms with Crippen LogP contribution in [0.4, 0.5) is 0 Å². The summed E-state index contributed by atoms with van der Waals surface area (Å²) in [6.45, 7) is 4.68. The van der Waals surface area contributed by atoms with Gasteiger partial charge in [-0.3, -0.25) is 0 Å². The van der Waals surface area contributed by atoms with E-state index in [9.17, 15) is 0 Å². The maximum atomic E-state index is 4.89. The summed E-state index contributed by atoms with van der Waals surface area (Å²) in [5.74, 6) is 0. The molecule has 0 aliphatic heterocycles. The summed E-state index contributed by atoms with van der Waals surface area (Å²) >= 11 is 0. The van der Waals surface area contributed by atoms with Crippen LogP contribution in [-0.4, -0.2) is 14.5 Å². The van der Waals surface area contributed by atoms with Gasteiger partial charge in [0.25, 0.3) is 0 Å². The first-order valence-corrected chi connectivity index (χ1v) is 12.4. The van der Waals surface area contributed by atoms with E-state index < -0.39 is 0 Å². The molecule has 8 rings (SSSR count). The van der Waals surface area contributed by atoms with E-state index >= 15 is 0 Å². The fourth-order valence-electron chi connectivity index (χ4n) is 6.57. The van der Waals surface area contributed by atoms with E-state index in [0.29, 0.717) is 0 Å². The van der Waals surface area contributed by atoms with Crippen LogP contribution >= 0.6 is 0 Å². The Morgan fingerprint density at radius 1 is 0.694 bits per heavy atom. The number of aromatic nitrogens is 3. The normalized spacial score (nSPS) is 14.1. The molecular weight excluding hydrogens is 438 g/mol. The zero-order valence-corrected chi connectivity index (χ0v) is 20.2. The Balaban J connectivity index is 1.62. The van der Waals surface area contributed by atoms with Crippen LogP contribution in [0.5, 0.6) is 0 Å². The Morgan fingerprint density at radius 2 is 1.39 bits per heavy atom. The summed E-state index contributed by atoms with van der Waals surface area (Å²) in [6.07, 6.45) is 3.65. The lowest BCUT2D eigenvalue weighted by molar-refractivity contribution is 0.666. The van der Waals surface area contributed by atoms with Gasteiger partial charge in [0.2, 0.25) is 0 Å². The molecule has 0 radical (unpaired) electrons. The smallest absolute Gasteiger partial charge is 0.116 e. The van der Waals surface area contributed by atoms with Crippen molar-refractivity contribution in [3.8, 4) is 16.8 Å². The first-order valence-electron chi connectivity index (χ1n) is 12.4. The largest absolute Gasteiger partial charge is 0.305 e. The van der Waals surface area contributed by atoms with Gasteiger partial charge in [-0.25, -0.2) is 9.97 Å². The van der Waals surface area contributed by atoms with Crippen LogP contribution in [0.2, 0.25) is 0 Å². The van der Waals surface area contributed by atoms with Gasteiger partial charge in [-0.2, -0.15) is 0 Å². The van der Waals surface area contributed by atoms with E-state index in [1.165, 1.54) is 60.4 Å². The molecule has 0 atom stereocenters. The average Bonchev–Trinajstić information content (AvgIpc) is 3.36. The molecule has 0 amide bonds. The van der Waals surface area contributed by atoms with Crippen molar-refractivity contribution in [2.45, 2.75) is 19.3 Å². The number of nitrogens with zero attached hydrogens (tertiary/aromatic N) is 3. The van der Waals surface area contributed by atoms with Crippen molar-refractivity contribution in [2.24, 2.45) is 0 Å². The van der Waals surface area contributed by atoms with Gasteiger partial charge in [-0.15, -0.1) is 0 Å². The third kappa shape index (κ3) is 2.37. The van der Waals surface area contributed by atoms with Crippen molar-refractivity contribution in [2.75, 3.05) is 0 Å². The van der Waals surface area contributed by atoms with E-state index in [0.717, 1.165) is 11.0 Å². The Hall–Kier alpha value is -4.50. The summed E-state index contributed by atoms with van der Waals surface area (Å²) in [5.41, 5.74) is 9.64. The first-order chi connectivity index (χ1) is 17.6. The van der Waals surface area contributed by atoms with Gasteiger partial charge in [-0.05, 0) is 45.2 Å². The van der Waals surface area contributed by atoms with Gasteiger partial charge in [0.15, 0.2) is 0 Å². The molecule has 0 unspecified atom stereocenters. The van der Waals surface area contributed by atoms with Crippen LogP contribution in [0.15, 0.2) is 104 Å². The number of hydrogen-bond acceptors (Lipinski definition) is 2. The van der Waals surface area contributed by atoms with E-state index in [1.54, 1.807) is 6.33 Å². The third-order valence-corrected chi connectivity index (χ3v) is 8.08. The van der Waals surface area contributed by atoms with E-state index in [4.69, 9.17) is 4.98 Å². The second-order valence-electron chi connectivity index (χ2n) is 10.3. The number of benzene rings is 5. The molecule has 0 bridgehead atoms. The van der Waals surface area contributed by atoms with Gasteiger partial charge in [0.05, 0.1) is 22.9 Å². The van der Waals surface area contributed by atoms with Crippen LogP contribution in [0, 0.1) is 0 Å². The van der Waals surface area contributed by atoms with Gasteiger partial charge >= 0.3 is 0 Å². The van der Waals surface area contributed by atoms with Crippen LogP contribution in [0.25, 0.3) is 60.3 Å². The van der Waals surface area contributed by atoms with Gasteiger partial charge < -0.3 is 4.57 Å². The molecule has 2 heterocycles. The summed E-state index contributed by atoms with van der Waals surface area (Å²) in [7, 11) is 0. The predicted octanol–water partition coefficient (Wildman–Crippen LogP) is 8.19. The van der Waals surface area contributed by atoms with E-state index in [1.807, 2.05) is 6.20 Å². The summed E-state index contributed by atoms with van der Waals surface area (Å²) < 4.78 is 2.40. The average molecular weight is 462 g/mol. The molecule has 36 heavy (non-hydrogen) atoms. The lowest BCUT2D eigenvalue weighted by Crippen LogP contribution is -2.15. The van der Waals surface area contributed by atoms with Crippen molar-refractivity contribution in [3.05, 3.63) is 115 Å². The van der Waals surface area contributed by atoms with Crippen LogP contribution in [-0.2, 0) is 5.41 Å². The molecule has 1 aliphatic rings. The molecule has 0 fully saturated rings. The monoisotopic (exact) mass is 461 g/mol. The standard InChI is InChI=1S/C33H23N3/c1-33(2)26-14-8-7-13-24(26)25-15-16-27-29(30(25)33)31-28(18-34-19-35-31)36(27)32-22-11-5-3-9-20(22)17-21-10-4-6-12-23(21)32/h3-19H,1-2H3. The highest BCUT2D eigenvalue weighted by atomic mass is 15.0. The minimum absolute atomic E-state index is 0.129. The van der Waals surface area contributed by atoms with Gasteiger partial charge in [-0.1, -0.05) is 92.7 Å². The topological polar surface area (TPSA) is 30.7 Å². The minimum Gasteiger partial charge on any atom is -0.305 e. The van der Waals surface area contributed by atoms with E-state index in [-0.39, 0.29) is 5.41 Å². The molecule has 5 aromatic carbocycles. The molecule has 170 valence electrons. The summed E-state index contributed by atoms with van der Waals surface area (Å²) in [6, 6.07) is 33.0. The maximum Gasteiger partial charge on any atom is 0.116 e. The van der Waals surface area contributed by atoms with Gasteiger partial charge in [0.1, 0.15) is 11.8 Å². The minimum atomic E-state index is -0.129. The second kappa shape index (κ2) is 6.79. The fraction of sp³-hybridized carbons (Fsp3) is 0.0909. The molecule has 2 aromatic heterocycles. The Morgan fingerprint density at radius 3 is 2.17 bits per heavy atom. The Bertz CT molecular complexity index is 1970. The molecule has 0 saturated heterocycles. The van der Waals surface area contributed by atoms with Crippen LogP contribution in [0.3, 0.4) is 0 Å². The van der Waals surface area contributed by atoms with Gasteiger partial charge in [0, 0.05) is 21.6 Å². The highest BCUT2D eigenvalue weighted by Gasteiger charge is 2.38. The second-order valence-corrected chi connectivity index (χ2v) is 10.3. The molecule has 3 heteroatoms. The molecule has 7 aromatic rings. The Labute approximate surface area is 208 Å². The van der Waals surface area contributed by atoms with Crippen LogP contribution in [0.1, 0.15) is 25.0 Å². The molecular formula is C33H23N3. The number of hydrogen-bond donors (Lipinski definition) is 0. The maximum absolute atomic E-state index is 4.89. The fourth-order valence-corrected chi connectivity index (χ4v) is 6.57.